The minimum atomic E-state index is -0.816. The predicted octanol–water partition coefficient (Wildman–Crippen LogP) is 4.04. The molecule has 0 N–H and O–H groups in total. The Morgan fingerprint density at radius 1 is 1.26 bits per heavy atom. The van der Waals surface area contributed by atoms with Gasteiger partial charge in [0.25, 0.3) is 5.91 Å². The van der Waals surface area contributed by atoms with Crippen LogP contribution in [-0.4, -0.2) is 23.9 Å². The topological polar surface area (TPSA) is 33.5 Å². The standard InChI is InChI=1S/C18H19F2NO2/c19-16-6-5-13(10-17(16)20)3-4-14-2-1-8-21(11-14)18(22)15-7-9-23-12-15/h5-7,9-10,12,14H,1-4,8,11H2/t14-/m0/s1. The van der Waals surface area contributed by atoms with E-state index in [4.69, 9.17) is 4.42 Å². The highest BCUT2D eigenvalue weighted by atomic mass is 19.2. The molecule has 1 aromatic heterocycles. The van der Waals surface area contributed by atoms with Gasteiger partial charge in [0.05, 0.1) is 11.8 Å². The maximum Gasteiger partial charge on any atom is 0.257 e. The third-order valence-electron chi connectivity index (χ3n) is 4.40. The van der Waals surface area contributed by atoms with Crippen LogP contribution in [0.3, 0.4) is 0 Å². The molecule has 23 heavy (non-hydrogen) atoms. The van der Waals surface area contributed by atoms with Gasteiger partial charge in [-0.25, -0.2) is 8.78 Å². The fourth-order valence-electron chi connectivity index (χ4n) is 3.12. The number of piperidine rings is 1. The van der Waals surface area contributed by atoms with E-state index in [2.05, 4.69) is 0 Å². The Balaban J connectivity index is 1.56. The zero-order valence-corrected chi connectivity index (χ0v) is 12.8. The normalized spacial score (nSPS) is 18.2. The van der Waals surface area contributed by atoms with E-state index < -0.39 is 11.6 Å². The number of hydrogen-bond donors (Lipinski definition) is 0. The molecular formula is C18H19F2NO2. The number of benzene rings is 1. The van der Waals surface area contributed by atoms with Gasteiger partial charge in [-0.1, -0.05) is 6.07 Å². The molecule has 0 spiro atoms. The highest BCUT2D eigenvalue weighted by Gasteiger charge is 2.24. The van der Waals surface area contributed by atoms with E-state index in [9.17, 15) is 13.6 Å². The van der Waals surface area contributed by atoms with Crippen molar-refractivity contribution >= 4 is 5.91 Å². The Morgan fingerprint density at radius 3 is 2.87 bits per heavy atom. The molecule has 1 aliphatic rings. The molecule has 3 nitrogen and oxygen atoms in total. The number of halogens is 2. The number of nitrogens with zero attached hydrogens (tertiary/aromatic N) is 1. The van der Waals surface area contributed by atoms with E-state index in [0.717, 1.165) is 31.4 Å². The zero-order chi connectivity index (χ0) is 16.2. The van der Waals surface area contributed by atoms with Gasteiger partial charge in [-0.15, -0.1) is 0 Å². The second-order valence-corrected chi connectivity index (χ2v) is 6.06. The first-order chi connectivity index (χ1) is 11.1. The van der Waals surface area contributed by atoms with E-state index in [1.54, 1.807) is 12.1 Å². The number of rotatable bonds is 4. The van der Waals surface area contributed by atoms with Gasteiger partial charge in [0.1, 0.15) is 6.26 Å². The lowest BCUT2D eigenvalue weighted by Gasteiger charge is -2.32. The van der Waals surface area contributed by atoms with E-state index in [1.807, 2.05) is 4.90 Å². The lowest BCUT2D eigenvalue weighted by atomic mass is 9.91. The molecule has 1 amide bonds. The summed E-state index contributed by atoms with van der Waals surface area (Å²) in [6.07, 6.45) is 6.53. The minimum absolute atomic E-state index is 0.00345. The van der Waals surface area contributed by atoms with Gasteiger partial charge < -0.3 is 9.32 Å². The van der Waals surface area contributed by atoms with Crippen LogP contribution in [0.5, 0.6) is 0 Å². The monoisotopic (exact) mass is 319 g/mol. The largest absolute Gasteiger partial charge is 0.472 e. The van der Waals surface area contributed by atoms with Gasteiger partial charge in [-0.3, -0.25) is 4.79 Å². The number of likely N-dealkylation sites (tertiary alicyclic amines) is 1. The molecule has 122 valence electrons. The third kappa shape index (κ3) is 3.78. The summed E-state index contributed by atoms with van der Waals surface area (Å²) in [5.74, 6) is -1.24. The molecule has 0 radical (unpaired) electrons. The summed E-state index contributed by atoms with van der Waals surface area (Å²) >= 11 is 0. The number of aryl methyl sites for hydroxylation is 1. The van der Waals surface area contributed by atoms with Crippen LogP contribution in [0, 0.1) is 17.6 Å². The minimum Gasteiger partial charge on any atom is -0.472 e. The highest BCUT2D eigenvalue weighted by Crippen LogP contribution is 2.23. The first-order valence-electron chi connectivity index (χ1n) is 7.89. The molecule has 1 aromatic carbocycles. The number of hydrogen-bond acceptors (Lipinski definition) is 2. The van der Waals surface area contributed by atoms with Crippen molar-refractivity contribution in [3.8, 4) is 0 Å². The summed E-state index contributed by atoms with van der Waals surface area (Å²) in [4.78, 5) is 14.2. The Hall–Kier alpha value is -2.17. The Kier molecular flexibility index (Phi) is 4.74. The number of carbonyl (C=O) groups excluding carboxylic acids is 1. The van der Waals surface area contributed by atoms with Crippen molar-refractivity contribution in [2.45, 2.75) is 25.7 Å². The van der Waals surface area contributed by atoms with Crippen LogP contribution in [0.25, 0.3) is 0 Å². The number of carbonyl (C=O) groups is 1. The molecule has 1 saturated heterocycles. The Labute approximate surface area is 133 Å². The fourth-order valence-corrected chi connectivity index (χ4v) is 3.12. The van der Waals surface area contributed by atoms with Crippen LogP contribution in [-0.2, 0) is 6.42 Å². The molecule has 0 bridgehead atoms. The van der Waals surface area contributed by atoms with Crippen LogP contribution < -0.4 is 0 Å². The molecule has 3 rings (SSSR count). The first-order valence-corrected chi connectivity index (χ1v) is 7.89. The lowest BCUT2D eigenvalue weighted by Crippen LogP contribution is -2.39. The first kappa shape index (κ1) is 15.7. The summed E-state index contributed by atoms with van der Waals surface area (Å²) in [5, 5.41) is 0. The summed E-state index contributed by atoms with van der Waals surface area (Å²) in [5.41, 5.74) is 1.37. The predicted molar refractivity (Wildman–Crippen MR) is 82.0 cm³/mol. The van der Waals surface area contributed by atoms with Crippen molar-refractivity contribution in [2.24, 2.45) is 5.92 Å². The Morgan fingerprint density at radius 2 is 2.13 bits per heavy atom. The highest BCUT2D eigenvalue weighted by molar-refractivity contribution is 5.93. The fraction of sp³-hybridized carbons (Fsp3) is 0.389. The average Bonchev–Trinajstić information content (AvgIpc) is 3.10. The van der Waals surface area contributed by atoms with Crippen LogP contribution in [0.2, 0.25) is 0 Å². The van der Waals surface area contributed by atoms with Crippen LogP contribution in [0.15, 0.2) is 41.2 Å². The van der Waals surface area contributed by atoms with Crippen molar-refractivity contribution in [1.82, 2.24) is 4.90 Å². The second kappa shape index (κ2) is 6.94. The van der Waals surface area contributed by atoms with Gasteiger partial charge in [0, 0.05) is 13.1 Å². The molecule has 0 saturated carbocycles. The van der Waals surface area contributed by atoms with E-state index >= 15 is 0 Å². The molecule has 1 fully saturated rings. The second-order valence-electron chi connectivity index (χ2n) is 6.06. The van der Waals surface area contributed by atoms with Crippen molar-refractivity contribution in [3.05, 3.63) is 59.6 Å². The molecule has 2 heterocycles. The lowest BCUT2D eigenvalue weighted by molar-refractivity contribution is 0.0667. The van der Waals surface area contributed by atoms with Gasteiger partial charge in [0.15, 0.2) is 11.6 Å². The summed E-state index contributed by atoms with van der Waals surface area (Å²) in [6, 6.07) is 5.72. The van der Waals surface area contributed by atoms with Crippen molar-refractivity contribution < 1.29 is 18.0 Å². The molecule has 1 aliphatic heterocycles. The molecular weight excluding hydrogens is 300 g/mol. The molecule has 1 atom stereocenters. The Bertz CT molecular complexity index is 670. The smallest absolute Gasteiger partial charge is 0.257 e. The molecule has 5 heteroatoms. The molecule has 0 unspecified atom stereocenters. The molecule has 0 aliphatic carbocycles. The third-order valence-corrected chi connectivity index (χ3v) is 4.40. The van der Waals surface area contributed by atoms with Crippen molar-refractivity contribution in [3.63, 3.8) is 0 Å². The zero-order valence-electron chi connectivity index (χ0n) is 12.8. The number of furan rings is 1. The van der Waals surface area contributed by atoms with Gasteiger partial charge in [-0.2, -0.15) is 0 Å². The van der Waals surface area contributed by atoms with Crippen LogP contribution >= 0.6 is 0 Å². The van der Waals surface area contributed by atoms with Gasteiger partial charge >= 0.3 is 0 Å². The molecule has 2 aromatic rings. The quantitative estimate of drug-likeness (QED) is 0.852. The van der Waals surface area contributed by atoms with Gasteiger partial charge in [-0.05, 0) is 55.4 Å². The SMILES string of the molecule is O=C(c1ccoc1)N1CCC[C@@H](CCc2ccc(F)c(F)c2)C1. The van der Waals surface area contributed by atoms with Crippen molar-refractivity contribution in [1.29, 1.82) is 0 Å². The van der Waals surface area contributed by atoms with Crippen LogP contribution in [0.4, 0.5) is 8.78 Å². The number of amides is 1. The summed E-state index contributed by atoms with van der Waals surface area (Å²) in [6.45, 7) is 1.46. The summed E-state index contributed by atoms with van der Waals surface area (Å²) < 4.78 is 31.1. The maximum atomic E-state index is 13.2. The van der Waals surface area contributed by atoms with Gasteiger partial charge in [0.2, 0.25) is 0 Å². The summed E-state index contributed by atoms with van der Waals surface area (Å²) in [7, 11) is 0. The van der Waals surface area contributed by atoms with E-state index in [1.165, 1.54) is 24.7 Å². The average molecular weight is 319 g/mol. The van der Waals surface area contributed by atoms with E-state index in [0.29, 0.717) is 24.4 Å². The van der Waals surface area contributed by atoms with Crippen molar-refractivity contribution in [2.75, 3.05) is 13.1 Å². The van der Waals surface area contributed by atoms with E-state index in [-0.39, 0.29) is 5.91 Å². The van der Waals surface area contributed by atoms with Crippen LogP contribution in [0.1, 0.15) is 35.2 Å². The maximum absolute atomic E-state index is 13.2.